The van der Waals surface area contributed by atoms with E-state index in [2.05, 4.69) is 24.1 Å². The van der Waals surface area contributed by atoms with E-state index in [1.165, 1.54) is 11.3 Å². The summed E-state index contributed by atoms with van der Waals surface area (Å²) in [6.45, 7) is 4.16. The molecular formula is C13H14Cl2N2S. The Morgan fingerprint density at radius 1 is 1.22 bits per heavy atom. The molecule has 0 saturated carbocycles. The molecule has 96 valence electrons. The highest BCUT2D eigenvalue weighted by Gasteiger charge is 2.16. The smallest absolute Gasteiger partial charge is 0.0991 e. The molecule has 18 heavy (non-hydrogen) atoms. The second-order valence-electron chi connectivity index (χ2n) is 4.14. The van der Waals surface area contributed by atoms with Gasteiger partial charge in [-0.25, -0.2) is 0 Å². The average Bonchev–Trinajstić information content (AvgIpc) is 2.69. The van der Waals surface area contributed by atoms with E-state index < -0.39 is 0 Å². The quantitative estimate of drug-likeness (QED) is 0.872. The number of nitrogens with one attached hydrogen (secondary N) is 1. The van der Waals surface area contributed by atoms with Gasteiger partial charge in [0, 0.05) is 18.3 Å². The standard InChI is InChI=1S/C13H14Cl2N2S/c1-8(10-7-12(14)18-13(10)15)17-9(2)11-5-3-4-6-16-11/h3-9,17H,1-2H3/t8?,9-/m0/s1. The lowest BCUT2D eigenvalue weighted by atomic mass is 10.1. The lowest BCUT2D eigenvalue weighted by molar-refractivity contribution is 0.487. The molecule has 2 nitrogen and oxygen atoms in total. The third-order valence-electron chi connectivity index (χ3n) is 2.78. The van der Waals surface area contributed by atoms with Crippen LogP contribution in [0.15, 0.2) is 30.5 Å². The van der Waals surface area contributed by atoms with E-state index in [9.17, 15) is 0 Å². The fraction of sp³-hybridized carbons (Fsp3) is 0.308. The molecule has 1 unspecified atom stereocenters. The van der Waals surface area contributed by atoms with Crippen molar-refractivity contribution in [2.75, 3.05) is 0 Å². The Morgan fingerprint density at radius 2 is 2.00 bits per heavy atom. The van der Waals surface area contributed by atoms with Crippen LogP contribution in [0.3, 0.4) is 0 Å². The molecule has 0 saturated heterocycles. The summed E-state index contributed by atoms with van der Waals surface area (Å²) < 4.78 is 1.46. The summed E-state index contributed by atoms with van der Waals surface area (Å²) in [6.07, 6.45) is 1.80. The van der Waals surface area contributed by atoms with E-state index in [1.807, 2.05) is 24.3 Å². The number of halogens is 2. The normalized spacial score (nSPS) is 14.4. The molecule has 0 aliphatic heterocycles. The fourth-order valence-electron chi connectivity index (χ4n) is 1.83. The van der Waals surface area contributed by atoms with Crippen molar-refractivity contribution >= 4 is 34.5 Å². The molecule has 2 aromatic rings. The summed E-state index contributed by atoms with van der Waals surface area (Å²) in [6, 6.07) is 8.12. The van der Waals surface area contributed by atoms with Crippen LogP contribution in [0.5, 0.6) is 0 Å². The van der Waals surface area contributed by atoms with Crippen LogP contribution in [0.1, 0.15) is 37.2 Å². The van der Waals surface area contributed by atoms with Gasteiger partial charge in [-0.2, -0.15) is 0 Å². The molecule has 0 radical (unpaired) electrons. The minimum atomic E-state index is 0.137. The van der Waals surface area contributed by atoms with Crippen molar-refractivity contribution in [2.45, 2.75) is 25.9 Å². The third-order valence-corrected chi connectivity index (χ3v) is 4.30. The van der Waals surface area contributed by atoms with Crippen LogP contribution in [0.25, 0.3) is 0 Å². The lowest BCUT2D eigenvalue weighted by Crippen LogP contribution is -2.23. The summed E-state index contributed by atoms with van der Waals surface area (Å²) in [5.74, 6) is 0. The molecule has 0 fully saturated rings. The SMILES string of the molecule is CC(N[C@@H](C)c1ccccn1)c1cc(Cl)sc1Cl. The Hall–Kier alpha value is -0.610. The molecule has 0 aromatic carbocycles. The molecule has 0 spiro atoms. The third kappa shape index (κ3) is 3.23. The van der Waals surface area contributed by atoms with Gasteiger partial charge in [0.15, 0.2) is 0 Å². The molecule has 0 aliphatic carbocycles. The number of hydrogen-bond donors (Lipinski definition) is 1. The van der Waals surface area contributed by atoms with Crippen LogP contribution in [-0.4, -0.2) is 4.98 Å². The van der Waals surface area contributed by atoms with E-state index in [0.717, 1.165) is 15.6 Å². The zero-order valence-electron chi connectivity index (χ0n) is 10.2. The first-order valence-corrected chi connectivity index (χ1v) is 7.27. The van der Waals surface area contributed by atoms with E-state index in [1.54, 1.807) is 6.20 Å². The molecule has 5 heteroatoms. The van der Waals surface area contributed by atoms with Gasteiger partial charge >= 0.3 is 0 Å². The second-order valence-corrected chi connectivity index (χ2v) is 6.43. The van der Waals surface area contributed by atoms with Crippen LogP contribution in [0.4, 0.5) is 0 Å². The predicted octanol–water partition coefficient (Wildman–Crippen LogP) is 4.86. The monoisotopic (exact) mass is 300 g/mol. The largest absolute Gasteiger partial charge is 0.302 e. The Morgan fingerprint density at radius 3 is 2.56 bits per heavy atom. The molecule has 0 bridgehead atoms. The van der Waals surface area contributed by atoms with E-state index in [-0.39, 0.29) is 12.1 Å². The van der Waals surface area contributed by atoms with E-state index in [0.29, 0.717) is 4.34 Å². The van der Waals surface area contributed by atoms with Gasteiger partial charge in [-0.1, -0.05) is 29.3 Å². The minimum absolute atomic E-state index is 0.137. The number of hydrogen-bond acceptors (Lipinski definition) is 3. The lowest BCUT2D eigenvalue weighted by Gasteiger charge is -2.19. The molecule has 0 amide bonds. The van der Waals surface area contributed by atoms with Gasteiger partial charge in [-0.3, -0.25) is 4.98 Å². The van der Waals surface area contributed by atoms with Crippen LogP contribution in [0.2, 0.25) is 8.67 Å². The number of pyridine rings is 1. The number of aromatic nitrogens is 1. The predicted molar refractivity (Wildman–Crippen MR) is 78.5 cm³/mol. The molecule has 2 atom stereocenters. The highest BCUT2D eigenvalue weighted by molar-refractivity contribution is 7.20. The average molecular weight is 301 g/mol. The summed E-state index contributed by atoms with van der Waals surface area (Å²) in [5, 5.41) is 3.47. The van der Waals surface area contributed by atoms with Gasteiger partial charge in [-0.05, 0) is 37.6 Å². The zero-order chi connectivity index (χ0) is 13.1. The van der Waals surface area contributed by atoms with Crippen LogP contribution in [0, 0.1) is 0 Å². The van der Waals surface area contributed by atoms with Crippen molar-refractivity contribution < 1.29 is 0 Å². The molecule has 0 aliphatic rings. The maximum Gasteiger partial charge on any atom is 0.0991 e. The van der Waals surface area contributed by atoms with Crippen LogP contribution >= 0.6 is 34.5 Å². The molecule has 2 rings (SSSR count). The molecule has 1 N–H and O–H groups in total. The molecular weight excluding hydrogens is 287 g/mol. The Labute approximate surface area is 121 Å². The van der Waals surface area contributed by atoms with Crippen molar-refractivity contribution in [1.82, 2.24) is 10.3 Å². The second kappa shape index (κ2) is 6.02. The highest BCUT2D eigenvalue weighted by atomic mass is 35.5. The molecule has 2 heterocycles. The van der Waals surface area contributed by atoms with Gasteiger partial charge in [-0.15, -0.1) is 11.3 Å². The van der Waals surface area contributed by atoms with Gasteiger partial charge in [0.1, 0.15) is 0 Å². The van der Waals surface area contributed by atoms with Gasteiger partial charge in [0.05, 0.1) is 14.4 Å². The topological polar surface area (TPSA) is 24.9 Å². The first kappa shape index (κ1) is 13.8. The van der Waals surface area contributed by atoms with Crippen LogP contribution in [-0.2, 0) is 0 Å². The van der Waals surface area contributed by atoms with Gasteiger partial charge < -0.3 is 5.32 Å². The number of nitrogens with zero attached hydrogens (tertiary/aromatic N) is 1. The maximum absolute atomic E-state index is 6.15. The zero-order valence-corrected chi connectivity index (χ0v) is 12.5. The van der Waals surface area contributed by atoms with Gasteiger partial charge in [0.25, 0.3) is 0 Å². The summed E-state index contributed by atoms with van der Waals surface area (Å²) in [7, 11) is 0. The van der Waals surface area contributed by atoms with Gasteiger partial charge in [0.2, 0.25) is 0 Å². The summed E-state index contributed by atoms with van der Waals surface area (Å²) in [4.78, 5) is 4.33. The van der Waals surface area contributed by atoms with Crippen molar-refractivity contribution in [1.29, 1.82) is 0 Å². The Bertz CT molecular complexity index is 513. The van der Waals surface area contributed by atoms with Crippen molar-refractivity contribution in [3.05, 3.63) is 50.4 Å². The van der Waals surface area contributed by atoms with E-state index >= 15 is 0 Å². The first-order valence-electron chi connectivity index (χ1n) is 5.69. The number of thiophene rings is 1. The highest BCUT2D eigenvalue weighted by Crippen LogP contribution is 2.35. The fourth-order valence-corrected chi connectivity index (χ4v) is 3.48. The Kier molecular flexibility index (Phi) is 4.62. The molecule has 2 aromatic heterocycles. The number of rotatable bonds is 4. The summed E-state index contributed by atoms with van der Waals surface area (Å²) >= 11 is 13.5. The minimum Gasteiger partial charge on any atom is -0.302 e. The Balaban J connectivity index is 2.08. The first-order chi connectivity index (χ1) is 8.58. The maximum atomic E-state index is 6.15. The van der Waals surface area contributed by atoms with Crippen LogP contribution < -0.4 is 5.32 Å². The summed E-state index contributed by atoms with van der Waals surface area (Å²) in [5.41, 5.74) is 2.05. The van der Waals surface area contributed by atoms with Crippen molar-refractivity contribution in [3.63, 3.8) is 0 Å². The van der Waals surface area contributed by atoms with Crippen molar-refractivity contribution in [2.24, 2.45) is 0 Å². The van der Waals surface area contributed by atoms with E-state index in [4.69, 9.17) is 23.2 Å². The van der Waals surface area contributed by atoms with Crippen molar-refractivity contribution in [3.8, 4) is 0 Å².